The monoisotopic (exact) mass is 371 g/mol. The van der Waals surface area contributed by atoms with E-state index < -0.39 is 0 Å². The molecule has 21 heavy (non-hydrogen) atoms. The summed E-state index contributed by atoms with van der Waals surface area (Å²) >= 11 is 9.84. The highest BCUT2D eigenvalue weighted by molar-refractivity contribution is 9.10. The summed E-state index contributed by atoms with van der Waals surface area (Å²) in [5.41, 5.74) is 3.02. The summed E-state index contributed by atoms with van der Waals surface area (Å²) in [6, 6.07) is 5.78. The summed E-state index contributed by atoms with van der Waals surface area (Å²) in [4.78, 5) is 0. The number of benzene rings is 1. The predicted molar refractivity (Wildman–Crippen MR) is 88.9 cm³/mol. The summed E-state index contributed by atoms with van der Waals surface area (Å²) in [5.74, 6) is 0.724. The number of ether oxygens (including phenoxy) is 1. The first-order chi connectivity index (χ1) is 10.1. The van der Waals surface area contributed by atoms with Crippen molar-refractivity contribution in [3.8, 4) is 5.75 Å². The van der Waals surface area contributed by atoms with E-state index in [4.69, 9.17) is 16.3 Å². The van der Waals surface area contributed by atoms with Crippen LogP contribution in [-0.4, -0.2) is 16.8 Å². The molecule has 1 heterocycles. The normalized spacial score (nSPS) is 10.9. The van der Waals surface area contributed by atoms with Gasteiger partial charge in [0, 0.05) is 18.7 Å². The Kier molecular flexibility index (Phi) is 5.67. The second kappa shape index (κ2) is 7.29. The molecular weight excluding hydrogens is 354 g/mol. The smallest absolute Gasteiger partial charge is 0.142 e. The molecule has 0 unspecified atom stereocenters. The molecular formula is C15H19BrClN3O. The molecule has 0 aliphatic carbocycles. The van der Waals surface area contributed by atoms with Crippen LogP contribution >= 0.6 is 27.5 Å². The van der Waals surface area contributed by atoms with Gasteiger partial charge in [0.05, 0.1) is 20.9 Å². The predicted octanol–water partition coefficient (Wildman–Crippen LogP) is 3.93. The average Bonchev–Trinajstić information content (AvgIpc) is 2.74. The van der Waals surface area contributed by atoms with Gasteiger partial charge in [-0.2, -0.15) is 5.10 Å². The minimum Gasteiger partial charge on any atom is -0.485 e. The van der Waals surface area contributed by atoms with Gasteiger partial charge in [-0.05, 0) is 42.9 Å². The van der Waals surface area contributed by atoms with E-state index in [2.05, 4.69) is 33.3 Å². The zero-order valence-electron chi connectivity index (χ0n) is 12.4. The molecule has 114 valence electrons. The Balaban J connectivity index is 2.24. The molecule has 1 N–H and O–H groups in total. The van der Waals surface area contributed by atoms with Crippen LogP contribution in [0.1, 0.15) is 23.9 Å². The molecule has 4 nitrogen and oxygen atoms in total. The van der Waals surface area contributed by atoms with Gasteiger partial charge in [-0.25, -0.2) is 0 Å². The minimum absolute atomic E-state index is 0.426. The summed E-state index contributed by atoms with van der Waals surface area (Å²) in [5, 5.41) is 8.21. The number of aromatic nitrogens is 2. The molecule has 0 amide bonds. The Labute approximate surface area is 138 Å². The molecule has 0 atom stereocenters. The van der Waals surface area contributed by atoms with Crippen molar-refractivity contribution in [1.82, 2.24) is 15.1 Å². The Bertz CT molecular complexity index is 628. The molecule has 0 aliphatic rings. The lowest BCUT2D eigenvalue weighted by atomic mass is 10.2. The van der Waals surface area contributed by atoms with Gasteiger partial charge in [-0.3, -0.25) is 4.68 Å². The largest absolute Gasteiger partial charge is 0.485 e. The highest BCUT2D eigenvalue weighted by Crippen LogP contribution is 2.30. The molecule has 2 aromatic rings. The third kappa shape index (κ3) is 3.59. The van der Waals surface area contributed by atoms with Crippen LogP contribution in [0.25, 0.3) is 0 Å². The van der Waals surface area contributed by atoms with Crippen molar-refractivity contribution in [3.63, 3.8) is 0 Å². The van der Waals surface area contributed by atoms with Crippen molar-refractivity contribution in [2.45, 2.75) is 33.5 Å². The van der Waals surface area contributed by atoms with Crippen LogP contribution in [0.5, 0.6) is 5.75 Å². The number of hydrogen-bond acceptors (Lipinski definition) is 3. The lowest BCUT2D eigenvalue weighted by Crippen LogP contribution is -2.10. The summed E-state index contributed by atoms with van der Waals surface area (Å²) in [6.45, 7) is 5.97. The maximum absolute atomic E-state index is 6.26. The molecule has 0 fully saturated rings. The van der Waals surface area contributed by atoms with E-state index in [1.54, 1.807) is 0 Å². The number of halogens is 2. The van der Waals surface area contributed by atoms with E-state index in [1.807, 2.05) is 36.9 Å². The van der Waals surface area contributed by atoms with Crippen LogP contribution in [0.4, 0.5) is 0 Å². The van der Waals surface area contributed by atoms with Crippen molar-refractivity contribution in [2.24, 2.45) is 0 Å². The van der Waals surface area contributed by atoms with Gasteiger partial charge in [0.2, 0.25) is 0 Å². The number of rotatable bonds is 6. The molecule has 6 heteroatoms. The third-order valence-electron chi connectivity index (χ3n) is 3.22. The second-order valence-electron chi connectivity index (χ2n) is 4.71. The summed E-state index contributed by atoms with van der Waals surface area (Å²) in [7, 11) is 1.90. The quantitative estimate of drug-likeness (QED) is 0.835. The number of para-hydroxylation sites is 1. The topological polar surface area (TPSA) is 39.1 Å². The lowest BCUT2D eigenvalue weighted by Gasteiger charge is -2.14. The van der Waals surface area contributed by atoms with Crippen LogP contribution < -0.4 is 10.1 Å². The van der Waals surface area contributed by atoms with E-state index in [-0.39, 0.29) is 0 Å². The van der Waals surface area contributed by atoms with Crippen LogP contribution in [0.3, 0.4) is 0 Å². The third-order valence-corrected chi connectivity index (χ3v) is 4.55. The van der Waals surface area contributed by atoms with Gasteiger partial charge in [0.15, 0.2) is 0 Å². The zero-order chi connectivity index (χ0) is 15.4. The van der Waals surface area contributed by atoms with Gasteiger partial charge in [0.1, 0.15) is 12.4 Å². The highest BCUT2D eigenvalue weighted by Gasteiger charge is 2.14. The van der Waals surface area contributed by atoms with E-state index in [0.29, 0.717) is 18.2 Å². The molecule has 0 saturated carbocycles. The molecule has 0 saturated heterocycles. The average molecular weight is 373 g/mol. The first-order valence-electron chi connectivity index (χ1n) is 6.85. The van der Waals surface area contributed by atoms with Gasteiger partial charge >= 0.3 is 0 Å². The fourth-order valence-corrected chi connectivity index (χ4v) is 2.84. The summed E-state index contributed by atoms with van der Waals surface area (Å²) in [6.07, 6.45) is 0. The van der Waals surface area contributed by atoms with Crippen LogP contribution in [0, 0.1) is 6.92 Å². The van der Waals surface area contributed by atoms with Crippen molar-refractivity contribution < 1.29 is 4.74 Å². The molecule has 0 bridgehead atoms. The van der Waals surface area contributed by atoms with Crippen molar-refractivity contribution in [3.05, 3.63) is 44.6 Å². The fourth-order valence-electron chi connectivity index (χ4n) is 2.19. The van der Waals surface area contributed by atoms with Crippen molar-refractivity contribution in [1.29, 1.82) is 0 Å². The molecule has 1 aromatic carbocycles. The van der Waals surface area contributed by atoms with Crippen LogP contribution in [0.15, 0.2) is 22.7 Å². The van der Waals surface area contributed by atoms with Gasteiger partial charge in [-0.1, -0.05) is 23.7 Å². The van der Waals surface area contributed by atoms with Crippen molar-refractivity contribution >= 4 is 27.5 Å². The van der Waals surface area contributed by atoms with E-state index >= 15 is 0 Å². The van der Waals surface area contributed by atoms with Gasteiger partial charge < -0.3 is 10.1 Å². The van der Waals surface area contributed by atoms with Crippen LogP contribution in [-0.2, 0) is 19.7 Å². The number of nitrogens with zero attached hydrogens (tertiary/aromatic N) is 2. The number of hydrogen-bond donors (Lipinski definition) is 1. The first-order valence-corrected chi connectivity index (χ1v) is 8.02. The Hall–Kier alpha value is -1.04. The van der Waals surface area contributed by atoms with E-state index in [0.717, 1.165) is 33.7 Å². The Morgan fingerprint density at radius 1 is 1.43 bits per heavy atom. The molecule has 1 aromatic heterocycles. The number of aryl methyl sites for hydroxylation is 2. The maximum Gasteiger partial charge on any atom is 0.142 e. The standard InChI is InChI=1S/C15H19BrClN3O/c1-4-20-13(14(16)10(2)19-20)9-21-15-11(8-18-3)6-5-7-12(15)17/h5-7,18H,4,8-9H2,1-3H3. The zero-order valence-corrected chi connectivity index (χ0v) is 14.8. The fraction of sp³-hybridized carbons (Fsp3) is 0.400. The molecule has 0 radical (unpaired) electrons. The Morgan fingerprint density at radius 3 is 2.86 bits per heavy atom. The Morgan fingerprint density at radius 2 is 2.19 bits per heavy atom. The van der Waals surface area contributed by atoms with Crippen LogP contribution in [0.2, 0.25) is 5.02 Å². The molecule has 0 aliphatic heterocycles. The van der Waals surface area contributed by atoms with Gasteiger partial charge in [0.25, 0.3) is 0 Å². The second-order valence-corrected chi connectivity index (χ2v) is 5.91. The van der Waals surface area contributed by atoms with Crippen molar-refractivity contribution in [2.75, 3.05) is 7.05 Å². The maximum atomic E-state index is 6.26. The highest BCUT2D eigenvalue weighted by atomic mass is 79.9. The lowest BCUT2D eigenvalue weighted by molar-refractivity contribution is 0.288. The molecule has 2 rings (SSSR count). The minimum atomic E-state index is 0.426. The number of nitrogens with one attached hydrogen (secondary N) is 1. The summed E-state index contributed by atoms with van der Waals surface area (Å²) < 4.78 is 8.91. The van der Waals surface area contributed by atoms with E-state index in [1.165, 1.54) is 0 Å². The van der Waals surface area contributed by atoms with E-state index in [9.17, 15) is 0 Å². The first kappa shape index (κ1) is 16.3. The molecule has 0 spiro atoms. The van der Waals surface area contributed by atoms with Gasteiger partial charge in [-0.15, -0.1) is 0 Å². The SMILES string of the molecule is CCn1nc(C)c(Br)c1COc1c(Cl)cccc1CNC.